The van der Waals surface area contributed by atoms with Gasteiger partial charge >= 0.3 is 6.03 Å². The molecule has 4 nitrogen and oxygen atoms in total. The molecule has 1 aromatic carbocycles. The monoisotopic (exact) mass is 254 g/mol. The first-order valence-corrected chi connectivity index (χ1v) is 5.41. The number of aliphatic imine (C=N–C) groups is 1. The van der Waals surface area contributed by atoms with E-state index in [0.29, 0.717) is 17.7 Å². The number of benzene rings is 1. The largest absolute Gasteiger partial charge is 0.379 e. The van der Waals surface area contributed by atoms with Gasteiger partial charge in [-0.05, 0) is 17.7 Å². The molecule has 96 valence electrons. The van der Waals surface area contributed by atoms with Gasteiger partial charge in [0.15, 0.2) is 11.6 Å². The molecule has 1 aliphatic rings. The van der Waals surface area contributed by atoms with Crippen molar-refractivity contribution in [3.8, 4) is 0 Å². The minimum absolute atomic E-state index is 0.244. The molecular formula is C12H12F2N2O2. The van der Waals surface area contributed by atoms with Crippen LogP contribution in [0, 0.1) is 11.6 Å². The third-order valence-electron chi connectivity index (χ3n) is 2.65. The second-order valence-electron chi connectivity index (χ2n) is 3.99. The summed E-state index contributed by atoms with van der Waals surface area (Å²) in [5.41, 5.74) is 1.08. The van der Waals surface area contributed by atoms with Crippen LogP contribution in [0.1, 0.15) is 18.0 Å². The number of ether oxygens (including phenoxy) is 1. The van der Waals surface area contributed by atoms with Gasteiger partial charge in [-0.1, -0.05) is 6.07 Å². The molecule has 2 rings (SSSR count). The van der Waals surface area contributed by atoms with E-state index < -0.39 is 23.7 Å². The van der Waals surface area contributed by atoms with Gasteiger partial charge in [0.05, 0.1) is 18.4 Å². The first-order chi connectivity index (χ1) is 8.60. The van der Waals surface area contributed by atoms with Gasteiger partial charge in [0.25, 0.3) is 0 Å². The van der Waals surface area contributed by atoms with E-state index in [-0.39, 0.29) is 6.61 Å². The molecule has 1 atom stereocenters. The van der Waals surface area contributed by atoms with E-state index in [9.17, 15) is 13.6 Å². The number of urea groups is 1. The lowest BCUT2D eigenvalue weighted by molar-refractivity contribution is 0.233. The van der Waals surface area contributed by atoms with Crippen LogP contribution in [0.4, 0.5) is 13.6 Å². The maximum Gasteiger partial charge on any atom is 0.341 e. The van der Waals surface area contributed by atoms with Crippen molar-refractivity contribution >= 4 is 11.7 Å². The molecule has 0 bridgehead atoms. The quantitative estimate of drug-likeness (QED) is 0.899. The van der Waals surface area contributed by atoms with Gasteiger partial charge in [0.1, 0.15) is 0 Å². The molecule has 0 aliphatic carbocycles. The maximum atomic E-state index is 13.1. The zero-order valence-corrected chi connectivity index (χ0v) is 9.74. The van der Waals surface area contributed by atoms with E-state index >= 15 is 0 Å². The van der Waals surface area contributed by atoms with Crippen molar-refractivity contribution in [2.24, 2.45) is 4.99 Å². The highest BCUT2D eigenvalue weighted by molar-refractivity contribution is 5.98. The summed E-state index contributed by atoms with van der Waals surface area (Å²) < 4.78 is 30.9. The fraction of sp³-hybridized carbons (Fsp3) is 0.333. The fourth-order valence-corrected chi connectivity index (χ4v) is 1.85. The number of halogens is 2. The van der Waals surface area contributed by atoms with Gasteiger partial charge in [0.2, 0.25) is 0 Å². The van der Waals surface area contributed by atoms with Crippen molar-refractivity contribution in [3.05, 3.63) is 35.4 Å². The van der Waals surface area contributed by atoms with Crippen molar-refractivity contribution in [3.63, 3.8) is 0 Å². The summed E-state index contributed by atoms with van der Waals surface area (Å²) in [4.78, 5) is 15.1. The number of methoxy groups -OCH3 is 1. The number of nitrogens with zero attached hydrogens (tertiary/aromatic N) is 1. The second-order valence-corrected chi connectivity index (χ2v) is 3.99. The van der Waals surface area contributed by atoms with Crippen molar-refractivity contribution in [2.75, 3.05) is 13.7 Å². The highest BCUT2D eigenvalue weighted by atomic mass is 19.2. The zero-order valence-electron chi connectivity index (χ0n) is 9.74. The van der Waals surface area contributed by atoms with E-state index in [2.05, 4.69) is 10.3 Å². The Morgan fingerprint density at radius 2 is 2.22 bits per heavy atom. The van der Waals surface area contributed by atoms with Crippen molar-refractivity contribution in [2.45, 2.75) is 12.5 Å². The summed E-state index contributed by atoms with van der Waals surface area (Å²) >= 11 is 0. The number of hydrogen-bond donors (Lipinski definition) is 1. The summed E-state index contributed by atoms with van der Waals surface area (Å²) in [6.07, 6.45) is 0.421. The topological polar surface area (TPSA) is 50.7 Å². The first kappa shape index (κ1) is 12.6. The molecular weight excluding hydrogens is 242 g/mol. The van der Waals surface area contributed by atoms with Crippen LogP contribution in [0.25, 0.3) is 0 Å². The van der Waals surface area contributed by atoms with Crippen molar-refractivity contribution in [1.29, 1.82) is 0 Å². The Bertz CT molecular complexity index is 503. The molecule has 0 saturated carbocycles. The molecule has 0 fully saturated rings. The molecule has 0 radical (unpaired) electrons. The first-order valence-electron chi connectivity index (χ1n) is 5.41. The Morgan fingerprint density at radius 3 is 2.89 bits per heavy atom. The molecule has 0 aromatic heterocycles. The van der Waals surface area contributed by atoms with Crippen molar-refractivity contribution in [1.82, 2.24) is 5.32 Å². The number of carbonyl (C=O) groups excluding carboxylic acids is 1. The van der Waals surface area contributed by atoms with Gasteiger partial charge in [-0.2, -0.15) is 0 Å². The standard InChI is InChI=1S/C12H12F2N2O2/c1-18-6-8-5-11(16-12(17)15-8)7-2-3-9(13)10(14)4-7/h2-4,11H,5-6H2,1H3,(H,16,17). The summed E-state index contributed by atoms with van der Waals surface area (Å²) in [5.74, 6) is -1.84. The lowest BCUT2D eigenvalue weighted by atomic mass is 10.00. The Morgan fingerprint density at radius 1 is 1.44 bits per heavy atom. The van der Waals surface area contributed by atoms with E-state index in [1.54, 1.807) is 0 Å². The highest BCUT2D eigenvalue weighted by Crippen LogP contribution is 2.22. The smallest absolute Gasteiger partial charge is 0.341 e. The predicted molar refractivity (Wildman–Crippen MR) is 61.6 cm³/mol. The lowest BCUT2D eigenvalue weighted by Crippen LogP contribution is -2.34. The third-order valence-corrected chi connectivity index (χ3v) is 2.65. The van der Waals surface area contributed by atoms with Gasteiger partial charge in [-0.3, -0.25) is 0 Å². The van der Waals surface area contributed by atoms with Crippen LogP contribution in [0.2, 0.25) is 0 Å². The Balaban J connectivity index is 2.21. The number of carbonyl (C=O) groups is 1. The number of amides is 2. The Labute approximate surface area is 103 Å². The van der Waals surface area contributed by atoms with Gasteiger partial charge in [0, 0.05) is 13.5 Å². The maximum absolute atomic E-state index is 13.1. The second kappa shape index (κ2) is 5.22. The molecule has 1 aromatic rings. The van der Waals surface area contributed by atoms with E-state index in [1.807, 2.05) is 0 Å². The minimum Gasteiger partial charge on any atom is -0.379 e. The van der Waals surface area contributed by atoms with E-state index in [1.165, 1.54) is 13.2 Å². The average Bonchev–Trinajstić information content (AvgIpc) is 2.32. The van der Waals surface area contributed by atoms with Crippen LogP contribution in [0.15, 0.2) is 23.2 Å². The zero-order chi connectivity index (χ0) is 13.1. The summed E-state index contributed by atoms with van der Waals surface area (Å²) in [7, 11) is 1.50. The highest BCUT2D eigenvalue weighted by Gasteiger charge is 2.23. The number of nitrogens with one attached hydrogen (secondary N) is 1. The third kappa shape index (κ3) is 2.70. The van der Waals surface area contributed by atoms with Crippen LogP contribution in [0.5, 0.6) is 0 Å². The van der Waals surface area contributed by atoms with E-state index in [4.69, 9.17) is 4.74 Å². The Hall–Kier alpha value is -1.82. The van der Waals surface area contributed by atoms with Crippen molar-refractivity contribution < 1.29 is 18.3 Å². The minimum atomic E-state index is -0.933. The molecule has 18 heavy (non-hydrogen) atoms. The van der Waals surface area contributed by atoms with Crippen LogP contribution >= 0.6 is 0 Å². The molecule has 6 heteroatoms. The van der Waals surface area contributed by atoms with Crippen LogP contribution in [0.3, 0.4) is 0 Å². The van der Waals surface area contributed by atoms with Gasteiger partial charge in [-0.15, -0.1) is 0 Å². The van der Waals surface area contributed by atoms with Crippen LogP contribution < -0.4 is 5.32 Å². The molecule has 1 aliphatic heterocycles. The average molecular weight is 254 g/mol. The fourth-order valence-electron chi connectivity index (χ4n) is 1.85. The van der Waals surface area contributed by atoms with E-state index in [0.717, 1.165) is 12.1 Å². The molecule has 0 saturated heterocycles. The normalized spacial score (nSPS) is 19.4. The molecule has 1 heterocycles. The summed E-state index contributed by atoms with van der Waals surface area (Å²) in [5, 5.41) is 2.60. The number of hydrogen-bond acceptors (Lipinski definition) is 2. The Kier molecular flexibility index (Phi) is 3.66. The lowest BCUT2D eigenvalue weighted by Gasteiger charge is -2.23. The van der Waals surface area contributed by atoms with Crippen LogP contribution in [-0.4, -0.2) is 25.5 Å². The van der Waals surface area contributed by atoms with Gasteiger partial charge < -0.3 is 10.1 Å². The SMILES string of the molecule is COCC1=NC(=O)NC(c2ccc(F)c(F)c2)C1. The van der Waals surface area contributed by atoms with Crippen LogP contribution in [-0.2, 0) is 4.74 Å². The molecule has 1 N–H and O–H groups in total. The molecule has 0 spiro atoms. The predicted octanol–water partition coefficient (Wildman–Crippen LogP) is 2.21. The summed E-state index contributed by atoms with van der Waals surface area (Å²) in [6.45, 7) is 0.244. The molecule has 1 unspecified atom stereocenters. The summed E-state index contributed by atoms with van der Waals surface area (Å²) in [6, 6.07) is 2.66. The number of rotatable bonds is 3. The van der Waals surface area contributed by atoms with Gasteiger partial charge in [-0.25, -0.2) is 18.6 Å². The molecule has 2 amide bonds.